The molecule has 5 heteroatoms. The Morgan fingerprint density at radius 1 is 1.47 bits per heavy atom. The number of rotatable bonds is 7. The number of ether oxygens (including phenoxy) is 2. The first-order valence-electron chi connectivity index (χ1n) is 6.30. The van der Waals surface area contributed by atoms with Crippen LogP contribution in [0.3, 0.4) is 0 Å². The van der Waals surface area contributed by atoms with Crippen molar-refractivity contribution >= 4 is 21.9 Å². The Kier molecular flexibility index (Phi) is 6.87. The standard InChI is InChI=1S/C14H19BrO4/c1-3-4-7-18-14(17)9-19-13-6-5-11(15)8-12(13)10(2)16/h5-6,8,10,16H,3-4,7,9H2,1-2H3/t10-/m1/s1. The van der Waals surface area contributed by atoms with Crippen molar-refractivity contribution in [1.29, 1.82) is 0 Å². The number of halogens is 1. The fourth-order valence-corrected chi connectivity index (χ4v) is 1.86. The van der Waals surface area contributed by atoms with Gasteiger partial charge in [-0.15, -0.1) is 0 Å². The third-order valence-electron chi connectivity index (χ3n) is 2.53. The van der Waals surface area contributed by atoms with E-state index in [4.69, 9.17) is 9.47 Å². The highest BCUT2D eigenvalue weighted by molar-refractivity contribution is 9.10. The largest absolute Gasteiger partial charge is 0.482 e. The van der Waals surface area contributed by atoms with Crippen molar-refractivity contribution in [3.8, 4) is 5.75 Å². The van der Waals surface area contributed by atoms with Gasteiger partial charge in [-0.1, -0.05) is 29.3 Å². The number of hydrogen-bond acceptors (Lipinski definition) is 4. The molecule has 0 heterocycles. The lowest BCUT2D eigenvalue weighted by atomic mass is 10.1. The molecule has 1 N–H and O–H groups in total. The molecule has 0 aliphatic rings. The molecule has 0 fully saturated rings. The number of carbonyl (C=O) groups is 1. The minimum Gasteiger partial charge on any atom is -0.482 e. The summed E-state index contributed by atoms with van der Waals surface area (Å²) >= 11 is 3.33. The van der Waals surface area contributed by atoms with Gasteiger partial charge in [0.1, 0.15) is 5.75 Å². The van der Waals surface area contributed by atoms with Gasteiger partial charge in [0, 0.05) is 10.0 Å². The molecule has 1 rings (SSSR count). The normalized spacial score (nSPS) is 12.0. The average molecular weight is 331 g/mol. The molecule has 0 bridgehead atoms. The summed E-state index contributed by atoms with van der Waals surface area (Å²) in [5, 5.41) is 9.65. The maximum atomic E-state index is 11.4. The molecule has 106 valence electrons. The Hall–Kier alpha value is -1.07. The first kappa shape index (κ1) is 16.0. The Morgan fingerprint density at radius 3 is 2.84 bits per heavy atom. The highest BCUT2D eigenvalue weighted by atomic mass is 79.9. The van der Waals surface area contributed by atoms with Crippen molar-refractivity contribution in [1.82, 2.24) is 0 Å². The molecule has 0 radical (unpaired) electrons. The zero-order valence-corrected chi connectivity index (χ0v) is 12.8. The SMILES string of the molecule is CCCCOC(=O)COc1ccc(Br)cc1[C@@H](C)O. The van der Waals surface area contributed by atoms with E-state index < -0.39 is 12.1 Å². The molecule has 4 nitrogen and oxygen atoms in total. The average Bonchev–Trinajstić information content (AvgIpc) is 2.37. The monoisotopic (exact) mass is 330 g/mol. The van der Waals surface area contributed by atoms with Crippen LogP contribution >= 0.6 is 15.9 Å². The van der Waals surface area contributed by atoms with Gasteiger partial charge < -0.3 is 14.6 Å². The van der Waals surface area contributed by atoms with E-state index in [0.717, 1.165) is 17.3 Å². The zero-order valence-electron chi connectivity index (χ0n) is 11.2. The summed E-state index contributed by atoms with van der Waals surface area (Å²) in [4.78, 5) is 11.4. The van der Waals surface area contributed by atoms with E-state index in [2.05, 4.69) is 15.9 Å². The van der Waals surface area contributed by atoms with Crippen LogP contribution in [0.4, 0.5) is 0 Å². The maximum Gasteiger partial charge on any atom is 0.344 e. The highest BCUT2D eigenvalue weighted by Crippen LogP contribution is 2.28. The van der Waals surface area contributed by atoms with E-state index in [0.29, 0.717) is 17.9 Å². The van der Waals surface area contributed by atoms with Crippen molar-refractivity contribution in [2.75, 3.05) is 13.2 Å². The third kappa shape index (κ3) is 5.61. The van der Waals surface area contributed by atoms with Crippen LogP contribution in [0, 0.1) is 0 Å². The van der Waals surface area contributed by atoms with Gasteiger partial charge in [-0.25, -0.2) is 4.79 Å². The fraction of sp³-hybridized carbons (Fsp3) is 0.500. The van der Waals surface area contributed by atoms with E-state index in [1.54, 1.807) is 25.1 Å². The van der Waals surface area contributed by atoms with Crippen molar-refractivity contribution in [3.63, 3.8) is 0 Å². The van der Waals surface area contributed by atoms with Gasteiger partial charge in [0.15, 0.2) is 6.61 Å². The smallest absolute Gasteiger partial charge is 0.344 e. The summed E-state index contributed by atoms with van der Waals surface area (Å²) in [6.45, 7) is 3.95. The van der Waals surface area contributed by atoms with Crippen molar-refractivity contribution in [3.05, 3.63) is 28.2 Å². The second kappa shape index (κ2) is 8.17. The van der Waals surface area contributed by atoms with E-state index in [1.165, 1.54) is 0 Å². The molecule has 0 saturated heterocycles. The van der Waals surface area contributed by atoms with E-state index in [9.17, 15) is 9.90 Å². The Balaban J connectivity index is 2.55. The molecule has 0 spiro atoms. The molecule has 19 heavy (non-hydrogen) atoms. The van der Waals surface area contributed by atoms with Gasteiger partial charge in [-0.05, 0) is 31.5 Å². The van der Waals surface area contributed by atoms with E-state index >= 15 is 0 Å². The molecule has 1 atom stereocenters. The topological polar surface area (TPSA) is 55.8 Å². The Bertz CT molecular complexity index is 418. The number of esters is 1. The van der Waals surface area contributed by atoms with Crippen molar-refractivity contribution in [2.45, 2.75) is 32.8 Å². The number of benzene rings is 1. The van der Waals surface area contributed by atoms with Gasteiger partial charge in [0.05, 0.1) is 12.7 Å². The second-order valence-corrected chi connectivity index (χ2v) is 5.14. The van der Waals surface area contributed by atoms with Crippen molar-refractivity contribution in [2.24, 2.45) is 0 Å². The molecule has 0 aromatic heterocycles. The summed E-state index contributed by atoms with van der Waals surface area (Å²) in [6.07, 6.45) is 1.17. The van der Waals surface area contributed by atoms with Crippen LogP contribution in [0.15, 0.2) is 22.7 Å². The van der Waals surface area contributed by atoms with Crippen LogP contribution in [0.1, 0.15) is 38.4 Å². The Labute approximate surface area is 121 Å². The van der Waals surface area contributed by atoms with E-state index in [-0.39, 0.29) is 6.61 Å². The van der Waals surface area contributed by atoms with Crippen molar-refractivity contribution < 1.29 is 19.4 Å². The minimum atomic E-state index is -0.663. The second-order valence-electron chi connectivity index (χ2n) is 4.22. The predicted octanol–water partition coefficient (Wildman–Crippen LogP) is 3.22. The quantitative estimate of drug-likeness (QED) is 0.616. The zero-order chi connectivity index (χ0) is 14.3. The molecule has 0 unspecified atom stereocenters. The first-order chi connectivity index (χ1) is 9.04. The van der Waals surface area contributed by atoms with Gasteiger partial charge >= 0.3 is 5.97 Å². The summed E-state index contributed by atoms with van der Waals surface area (Å²) in [7, 11) is 0. The summed E-state index contributed by atoms with van der Waals surface area (Å²) in [5.74, 6) is 0.0959. The van der Waals surface area contributed by atoms with Crippen LogP contribution in [0.2, 0.25) is 0 Å². The predicted molar refractivity (Wildman–Crippen MR) is 76.1 cm³/mol. The number of hydrogen-bond donors (Lipinski definition) is 1. The third-order valence-corrected chi connectivity index (χ3v) is 3.02. The summed E-state index contributed by atoms with van der Waals surface area (Å²) in [6, 6.07) is 5.28. The summed E-state index contributed by atoms with van der Waals surface area (Å²) < 4.78 is 11.2. The number of aliphatic hydroxyl groups excluding tert-OH is 1. The molecular weight excluding hydrogens is 312 g/mol. The molecule has 1 aromatic carbocycles. The van der Waals surface area contributed by atoms with Gasteiger partial charge in [0.25, 0.3) is 0 Å². The number of carbonyl (C=O) groups excluding carboxylic acids is 1. The lowest BCUT2D eigenvalue weighted by molar-refractivity contribution is -0.146. The lowest BCUT2D eigenvalue weighted by Crippen LogP contribution is -2.16. The molecule has 0 aliphatic heterocycles. The van der Waals surface area contributed by atoms with Crippen LogP contribution in [-0.2, 0) is 9.53 Å². The van der Waals surface area contributed by atoms with Gasteiger partial charge in [-0.3, -0.25) is 0 Å². The highest BCUT2D eigenvalue weighted by Gasteiger charge is 2.12. The maximum absolute atomic E-state index is 11.4. The molecular formula is C14H19BrO4. The first-order valence-corrected chi connectivity index (χ1v) is 7.09. The fourth-order valence-electron chi connectivity index (χ4n) is 1.49. The van der Waals surface area contributed by atoms with Crippen LogP contribution in [-0.4, -0.2) is 24.3 Å². The van der Waals surface area contributed by atoms with E-state index in [1.807, 2.05) is 6.92 Å². The molecule has 0 amide bonds. The lowest BCUT2D eigenvalue weighted by Gasteiger charge is -2.13. The van der Waals surface area contributed by atoms with Crippen LogP contribution in [0.25, 0.3) is 0 Å². The van der Waals surface area contributed by atoms with Crippen LogP contribution < -0.4 is 4.74 Å². The molecule has 1 aromatic rings. The number of unbranched alkanes of at least 4 members (excludes halogenated alkanes) is 1. The summed E-state index contributed by atoms with van der Waals surface area (Å²) in [5.41, 5.74) is 0.635. The Morgan fingerprint density at radius 2 is 2.21 bits per heavy atom. The van der Waals surface area contributed by atoms with Gasteiger partial charge in [-0.2, -0.15) is 0 Å². The van der Waals surface area contributed by atoms with Crippen LogP contribution in [0.5, 0.6) is 5.75 Å². The molecule has 0 saturated carbocycles. The minimum absolute atomic E-state index is 0.148. The molecule has 0 aliphatic carbocycles. The number of aliphatic hydroxyl groups is 1. The van der Waals surface area contributed by atoms with Gasteiger partial charge in [0.2, 0.25) is 0 Å².